The van der Waals surface area contributed by atoms with Gasteiger partial charge in [-0.05, 0) is 45.7 Å². The highest BCUT2D eigenvalue weighted by Gasteiger charge is 2.34. The van der Waals surface area contributed by atoms with Gasteiger partial charge >= 0.3 is 6.18 Å². The molecule has 2 heterocycles. The SMILES string of the molecule is CC(C)(C)NC(=O)C1CCCN(c2cccc(C(F)(F)F)n2)C1. The van der Waals surface area contributed by atoms with E-state index < -0.39 is 11.9 Å². The summed E-state index contributed by atoms with van der Waals surface area (Å²) in [6, 6.07) is 3.86. The van der Waals surface area contributed by atoms with Gasteiger partial charge in [0.2, 0.25) is 5.91 Å². The van der Waals surface area contributed by atoms with Crippen LogP contribution in [0.15, 0.2) is 18.2 Å². The number of alkyl halides is 3. The Hall–Kier alpha value is -1.79. The first kappa shape index (κ1) is 17.6. The molecule has 1 amide bonds. The number of nitrogens with zero attached hydrogens (tertiary/aromatic N) is 2. The molecule has 1 aliphatic rings. The van der Waals surface area contributed by atoms with E-state index in [1.165, 1.54) is 6.07 Å². The van der Waals surface area contributed by atoms with E-state index in [0.29, 0.717) is 13.1 Å². The second-order valence-electron chi connectivity index (χ2n) is 6.90. The lowest BCUT2D eigenvalue weighted by atomic mass is 9.95. The maximum atomic E-state index is 12.8. The van der Waals surface area contributed by atoms with Crippen molar-refractivity contribution >= 4 is 11.7 Å². The number of aromatic nitrogens is 1. The molecule has 0 aromatic carbocycles. The van der Waals surface area contributed by atoms with Crippen LogP contribution in [-0.2, 0) is 11.0 Å². The highest BCUT2D eigenvalue weighted by Crippen LogP contribution is 2.30. The van der Waals surface area contributed by atoms with Gasteiger partial charge in [0.25, 0.3) is 0 Å². The minimum absolute atomic E-state index is 0.0609. The van der Waals surface area contributed by atoms with Gasteiger partial charge in [0.1, 0.15) is 11.5 Å². The summed E-state index contributed by atoms with van der Waals surface area (Å²) in [6.45, 7) is 6.70. The molecule has 0 bridgehead atoms. The minimum atomic E-state index is -4.46. The Morgan fingerprint density at radius 2 is 2.00 bits per heavy atom. The van der Waals surface area contributed by atoms with Crippen molar-refractivity contribution in [2.45, 2.75) is 45.3 Å². The van der Waals surface area contributed by atoms with Gasteiger partial charge < -0.3 is 10.2 Å². The topological polar surface area (TPSA) is 45.2 Å². The minimum Gasteiger partial charge on any atom is -0.356 e. The van der Waals surface area contributed by atoms with E-state index in [-0.39, 0.29) is 23.2 Å². The lowest BCUT2D eigenvalue weighted by Gasteiger charge is -2.34. The third-order valence-corrected chi connectivity index (χ3v) is 3.64. The number of halogens is 3. The number of nitrogens with one attached hydrogen (secondary N) is 1. The van der Waals surface area contributed by atoms with E-state index in [9.17, 15) is 18.0 Å². The molecule has 2 rings (SSSR count). The summed E-state index contributed by atoms with van der Waals surface area (Å²) >= 11 is 0. The number of amides is 1. The molecule has 1 aromatic heterocycles. The molecule has 1 fully saturated rings. The predicted molar refractivity (Wildman–Crippen MR) is 82.1 cm³/mol. The number of carbonyl (C=O) groups is 1. The summed E-state index contributed by atoms with van der Waals surface area (Å²) in [7, 11) is 0. The Bertz CT molecular complexity index is 566. The molecule has 1 saturated heterocycles. The Kier molecular flexibility index (Phi) is 4.87. The first-order chi connectivity index (χ1) is 10.6. The first-order valence-electron chi connectivity index (χ1n) is 7.67. The van der Waals surface area contributed by atoms with Gasteiger partial charge in [-0.25, -0.2) is 4.98 Å². The molecule has 1 atom stereocenters. The third-order valence-electron chi connectivity index (χ3n) is 3.64. The maximum Gasteiger partial charge on any atom is 0.433 e. The maximum absolute atomic E-state index is 12.8. The smallest absolute Gasteiger partial charge is 0.356 e. The highest BCUT2D eigenvalue weighted by atomic mass is 19.4. The van der Waals surface area contributed by atoms with Gasteiger partial charge in [-0.1, -0.05) is 6.07 Å². The molecule has 1 aromatic rings. The number of hydrogen-bond donors (Lipinski definition) is 1. The molecule has 1 unspecified atom stereocenters. The average Bonchev–Trinajstić information content (AvgIpc) is 2.45. The van der Waals surface area contributed by atoms with Crippen LogP contribution in [0.2, 0.25) is 0 Å². The van der Waals surface area contributed by atoms with Crippen molar-refractivity contribution in [3.05, 3.63) is 23.9 Å². The normalized spacial score (nSPS) is 19.6. The van der Waals surface area contributed by atoms with Crippen LogP contribution in [-0.4, -0.2) is 29.5 Å². The van der Waals surface area contributed by atoms with Gasteiger partial charge in [0, 0.05) is 18.6 Å². The van der Waals surface area contributed by atoms with Gasteiger partial charge in [-0.2, -0.15) is 13.2 Å². The number of piperidine rings is 1. The van der Waals surface area contributed by atoms with Crippen LogP contribution in [0.1, 0.15) is 39.3 Å². The fourth-order valence-electron chi connectivity index (χ4n) is 2.63. The van der Waals surface area contributed by atoms with Crippen molar-refractivity contribution < 1.29 is 18.0 Å². The Labute approximate surface area is 134 Å². The van der Waals surface area contributed by atoms with E-state index >= 15 is 0 Å². The van der Waals surface area contributed by atoms with E-state index in [4.69, 9.17) is 0 Å². The first-order valence-corrected chi connectivity index (χ1v) is 7.67. The summed E-state index contributed by atoms with van der Waals surface area (Å²) in [6.07, 6.45) is -2.98. The summed E-state index contributed by atoms with van der Waals surface area (Å²) in [5.41, 5.74) is -1.23. The summed E-state index contributed by atoms with van der Waals surface area (Å²) in [5, 5.41) is 2.93. The average molecular weight is 329 g/mol. The van der Waals surface area contributed by atoms with Crippen molar-refractivity contribution in [1.29, 1.82) is 0 Å². The van der Waals surface area contributed by atoms with Gasteiger partial charge in [0.05, 0.1) is 5.92 Å². The summed E-state index contributed by atoms with van der Waals surface area (Å²) < 4.78 is 38.3. The van der Waals surface area contributed by atoms with E-state index in [2.05, 4.69) is 10.3 Å². The number of pyridine rings is 1. The van der Waals surface area contributed by atoms with Crippen molar-refractivity contribution in [3.8, 4) is 0 Å². The molecule has 128 valence electrons. The lowest BCUT2D eigenvalue weighted by Crippen LogP contribution is -2.48. The molecule has 7 heteroatoms. The number of rotatable bonds is 2. The lowest BCUT2D eigenvalue weighted by molar-refractivity contribution is -0.141. The zero-order valence-electron chi connectivity index (χ0n) is 13.6. The highest BCUT2D eigenvalue weighted by molar-refractivity contribution is 5.80. The fourth-order valence-corrected chi connectivity index (χ4v) is 2.63. The number of anilines is 1. The van der Waals surface area contributed by atoms with Gasteiger partial charge in [-0.15, -0.1) is 0 Å². The van der Waals surface area contributed by atoms with E-state index in [1.807, 2.05) is 20.8 Å². The zero-order chi connectivity index (χ0) is 17.3. The summed E-state index contributed by atoms with van der Waals surface area (Å²) in [5.74, 6) is -0.0263. The Morgan fingerprint density at radius 1 is 1.30 bits per heavy atom. The van der Waals surface area contributed by atoms with Crippen LogP contribution in [0.5, 0.6) is 0 Å². The molecule has 0 saturated carbocycles. The van der Waals surface area contributed by atoms with Gasteiger partial charge in [0.15, 0.2) is 0 Å². The van der Waals surface area contributed by atoms with Crippen molar-refractivity contribution in [2.24, 2.45) is 5.92 Å². The van der Waals surface area contributed by atoms with Crippen LogP contribution < -0.4 is 10.2 Å². The van der Waals surface area contributed by atoms with Crippen LogP contribution in [0.25, 0.3) is 0 Å². The number of hydrogen-bond acceptors (Lipinski definition) is 3. The molecule has 0 aliphatic carbocycles. The van der Waals surface area contributed by atoms with Crippen molar-refractivity contribution in [1.82, 2.24) is 10.3 Å². The fraction of sp³-hybridized carbons (Fsp3) is 0.625. The Balaban J connectivity index is 2.11. The molecule has 1 aliphatic heterocycles. The zero-order valence-corrected chi connectivity index (χ0v) is 13.6. The third kappa shape index (κ3) is 4.84. The van der Waals surface area contributed by atoms with Crippen LogP contribution in [0.4, 0.5) is 19.0 Å². The van der Waals surface area contributed by atoms with Crippen molar-refractivity contribution in [2.75, 3.05) is 18.0 Å². The molecular weight excluding hydrogens is 307 g/mol. The second-order valence-corrected chi connectivity index (χ2v) is 6.90. The second kappa shape index (κ2) is 6.37. The van der Waals surface area contributed by atoms with Crippen LogP contribution in [0.3, 0.4) is 0 Å². The summed E-state index contributed by atoms with van der Waals surface area (Å²) in [4.78, 5) is 17.7. The largest absolute Gasteiger partial charge is 0.433 e. The molecule has 4 nitrogen and oxygen atoms in total. The quantitative estimate of drug-likeness (QED) is 0.906. The molecule has 1 N–H and O–H groups in total. The van der Waals surface area contributed by atoms with Crippen LogP contribution in [0, 0.1) is 5.92 Å². The van der Waals surface area contributed by atoms with E-state index in [1.54, 1.807) is 11.0 Å². The number of carbonyl (C=O) groups excluding carboxylic acids is 1. The monoisotopic (exact) mass is 329 g/mol. The Morgan fingerprint density at radius 3 is 2.61 bits per heavy atom. The predicted octanol–water partition coefficient (Wildman–Crippen LogP) is 3.23. The molecular formula is C16H22F3N3O. The molecule has 0 radical (unpaired) electrons. The molecule has 23 heavy (non-hydrogen) atoms. The van der Waals surface area contributed by atoms with E-state index in [0.717, 1.165) is 18.9 Å². The van der Waals surface area contributed by atoms with Crippen LogP contribution >= 0.6 is 0 Å². The van der Waals surface area contributed by atoms with Crippen molar-refractivity contribution in [3.63, 3.8) is 0 Å². The molecule has 0 spiro atoms. The van der Waals surface area contributed by atoms with Gasteiger partial charge in [-0.3, -0.25) is 4.79 Å². The standard InChI is InChI=1S/C16H22F3N3O/c1-15(2,3)21-14(23)11-6-5-9-22(10-11)13-8-4-7-12(20-13)16(17,18)19/h4,7-8,11H,5-6,9-10H2,1-3H3,(H,21,23).